The molecule has 2 heterocycles. The van der Waals surface area contributed by atoms with Crippen molar-refractivity contribution >= 4 is 23.0 Å². The van der Waals surface area contributed by atoms with Crippen molar-refractivity contribution in [1.29, 1.82) is 0 Å². The smallest absolute Gasteiger partial charge is 0.340 e. The van der Waals surface area contributed by atoms with Crippen LogP contribution in [-0.2, 0) is 4.74 Å². The zero-order valence-electron chi connectivity index (χ0n) is 18.1. The molecule has 0 saturated carbocycles. The highest BCUT2D eigenvalue weighted by Crippen LogP contribution is 2.38. The number of benzene rings is 2. The largest absolute Gasteiger partial charge is 0.493 e. The van der Waals surface area contributed by atoms with Gasteiger partial charge in [0.25, 0.3) is 0 Å². The van der Waals surface area contributed by atoms with Crippen molar-refractivity contribution in [2.45, 2.75) is 19.3 Å². The first-order chi connectivity index (χ1) is 15.1. The summed E-state index contributed by atoms with van der Waals surface area (Å²) in [5, 5.41) is 3.38. The predicted octanol–water partition coefficient (Wildman–Crippen LogP) is 4.92. The van der Waals surface area contributed by atoms with Crippen LogP contribution in [0.4, 0.5) is 17.1 Å². The highest BCUT2D eigenvalue weighted by atomic mass is 16.5. The normalized spacial score (nSPS) is 14.9. The molecule has 0 bridgehead atoms. The third-order valence-electron chi connectivity index (χ3n) is 5.73. The SMILES string of the molecule is COC(=O)c1ccncc1NC[C@@H]1CCOc2cc(N(C)c3ccc(C)cc3)ccc21. The summed E-state index contributed by atoms with van der Waals surface area (Å²) in [6.07, 6.45) is 4.15. The lowest BCUT2D eigenvalue weighted by atomic mass is 9.92. The summed E-state index contributed by atoms with van der Waals surface area (Å²) in [7, 11) is 3.44. The van der Waals surface area contributed by atoms with Crippen LogP contribution in [0.3, 0.4) is 0 Å². The quantitative estimate of drug-likeness (QED) is 0.574. The Kier molecular flexibility index (Phi) is 6.07. The van der Waals surface area contributed by atoms with Crippen molar-refractivity contribution in [3.05, 3.63) is 77.6 Å². The molecular weight excluding hydrogens is 390 g/mol. The molecular formula is C25H27N3O3. The molecule has 6 heteroatoms. The maximum Gasteiger partial charge on any atom is 0.340 e. The number of nitrogens with zero attached hydrogens (tertiary/aromatic N) is 2. The summed E-state index contributed by atoms with van der Waals surface area (Å²) in [6.45, 7) is 3.43. The fourth-order valence-corrected chi connectivity index (χ4v) is 3.85. The van der Waals surface area contributed by atoms with Gasteiger partial charge in [0.05, 0.1) is 31.2 Å². The van der Waals surface area contributed by atoms with Gasteiger partial charge in [-0.3, -0.25) is 4.98 Å². The number of nitrogens with one attached hydrogen (secondary N) is 1. The van der Waals surface area contributed by atoms with Crippen molar-refractivity contribution < 1.29 is 14.3 Å². The van der Waals surface area contributed by atoms with Crippen LogP contribution >= 0.6 is 0 Å². The number of ether oxygens (including phenoxy) is 2. The Bertz CT molecular complexity index is 1070. The van der Waals surface area contributed by atoms with Crippen LogP contribution in [0.25, 0.3) is 0 Å². The van der Waals surface area contributed by atoms with E-state index in [4.69, 9.17) is 9.47 Å². The van der Waals surface area contributed by atoms with Gasteiger partial charge in [-0.05, 0) is 43.2 Å². The van der Waals surface area contributed by atoms with Gasteiger partial charge in [0.15, 0.2) is 0 Å². The molecule has 160 valence electrons. The summed E-state index contributed by atoms with van der Waals surface area (Å²) < 4.78 is 10.9. The van der Waals surface area contributed by atoms with Crippen LogP contribution in [-0.4, -0.2) is 38.3 Å². The molecule has 2 aromatic carbocycles. The number of anilines is 3. The summed E-state index contributed by atoms with van der Waals surface area (Å²) in [6, 6.07) is 16.5. The lowest BCUT2D eigenvalue weighted by Gasteiger charge is -2.28. The fraction of sp³-hybridized carbons (Fsp3) is 0.280. The third kappa shape index (κ3) is 4.48. The van der Waals surface area contributed by atoms with Crippen LogP contribution < -0.4 is 15.0 Å². The third-order valence-corrected chi connectivity index (χ3v) is 5.73. The number of pyridine rings is 1. The molecule has 0 amide bonds. The first-order valence-corrected chi connectivity index (χ1v) is 10.4. The molecule has 1 aliphatic rings. The molecule has 1 aliphatic heterocycles. The van der Waals surface area contributed by atoms with Gasteiger partial charge in [0.2, 0.25) is 0 Å². The standard InChI is InChI=1S/C25H27N3O3/c1-17-4-6-19(7-5-17)28(2)20-8-9-21-18(11-13-31-24(21)14-20)15-27-23-16-26-12-10-22(23)25(29)30-3/h4-10,12,14,16,18,27H,11,13,15H2,1-3H3/t18-/m0/s1. The Morgan fingerprint density at radius 2 is 1.97 bits per heavy atom. The average molecular weight is 418 g/mol. The van der Waals surface area contributed by atoms with E-state index >= 15 is 0 Å². The molecule has 0 fully saturated rings. The van der Waals surface area contributed by atoms with E-state index in [2.05, 4.69) is 71.6 Å². The lowest BCUT2D eigenvalue weighted by Crippen LogP contribution is -2.22. The zero-order chi connectivity index (χ0) is 21.8. The highest BCUT2D eigenvalue weighted by molar-refractivity contribution is 5.95. The zero-order valence-corrected chi connectivity index (χ0v) is 18.1. The lowest BCUT2D eigenvalue weighted by molar-refractivity contribution is 0.0601. The van der Waals surface area contributed by atoms with Crippen LogP contribution in [0.15, 0.2) is 60.9 Å². The molecule has 1 N–H and O–H groups in total. The Balaban J connectivity index is 1.51. The number of carbonyl (C=O) groups is 1. The monoisotopic (exact) mass is 417 g/mol. The van der Waals surface area contributed by atoms with Gasteiger partial charge >= 0.3 is 5.97 Å². The minimum absolute atomic E-state index is 0.271. The molecule has 1 aromatic heterocycles. The first kappa shape index (κ1) is 20.7. The number of aryl methyl sites for hydroxylation is 1. The van der Waals surface area contributed by atoms with Crippen molar-refractivity contribution in [2.75, 3.05) is 37.5 Å². The number of hydrogen-bond donors (Lipinski definition) is 1. The summed E-state index contributed by atoms with van der Waals surface area (Å²) >= 11 is 0. The van der Waals surface area contributed by atoms with Crippen molar-refractivity contribution in [3.63, 3.8) is 0 Å². The predicted molar refractivity (Wildman–Crippen MR) is 123 cm³/mol. The fourth-order valence-electron chi connectivity index (χ4n) is 3.85. The summed E-state index contributed by atoms with van der Waals surface area (Å²) in [4.78, 5) is 18.3. The molecule has 1 atom stereocenters. The second-order valence-corrected chi connectivity index (χ2v) is 7.74. The van der Waals surface area contributed by atoms with Gasteiger partial charge in [-0.25, -0.2) is 4.79 Å². The minimum atomic E-state index is -0.374. The van der Waals surface area contributed by atoms with E-state index in [1.54, 1.807) is 18.5 Å². The van der Waals surface area contributed by atoms with E-state index in [0.29, 0.717) is 24.4 Å². The summed E-state index contributed by atoms with van der Waals surface area (Å²) in [5.41, 5.74) is 5.79. The number of carbonyl (C=O) groups excluding carboxylic acids is 1. The van der Waals surface area contributed by atoms with Gasteiger partial charge in [-0.15, -0.1) is 0 Å². The summed E-state index contributed by atoms with van der Waals surface area (Å²) in [5.74, 6) is 0.808. The molecule has 6 nitrogen and oxygen atoms in total. The van der Waals surface area contributed by atoms with E-state index in [0.717, 1.165) is 23.5 Å². The average Bonchev–Trinajstić information content (AvgIpc) is 2.82. The van der Waals surface area contributed by atoms with E-state index in [-0.39, 0.29) is 11.9 Å². The number of aromatic nitrogens is 1. The number of rotatable bonds is 6. The minimum Gasteiger partial charge on any atom is -0.493 e. The van der Waals surface area contributed by atoms with Gasteiger partial charge in [0.1, 0.15) is 5.75 Å². The Hall–Kier alpha value is -3.54. The maximum absolute atomic E-state index is 12.0. The van der Waals surface area contributed by atoms with E-state index in [9.17, 15) is 4.79 Å². The van der Waals surface area contributed by atoms with Crippen molar-refractivity contribution in [1.82, 2.24) is 4.98 Å². The maximum atomic E-state index is 12.0. The molecule has 0 unspecified atom stereocenters. The van der Waals surface area contributed by atoms with E-state index in [1.807, 2.05) is 0 Å². The van der Waals surface area contributed by atoms with Gasteiger partial charge in [-0.1, -0.05) is 23.8 Å². The van der Waals surface area contributed by atoms with Crippen LogP contribution in [0.5, 0.6) is 5.75 Å². The van der Waals surface area contributed by atoms with Crippen LogP contribution in [0.1, 0.15) is 33.8 Å². The second kappa shape index (κ2) is 9.08. The van der Waals surface area contributed by atoms with E-state index in [1.165, 1.54) is 18.2 Å². The molecule has 0 radical (unpaired) electrons. The highest BCUT2D eigenvalue weighted by Gasteiger charge is 2.23. The van der Waals surface area contributed by atoms with E-state index < -0.39 is 0 Å². The Morgan fingerprint density at radius 3 is 2.74 bits per heavy atom. The van der Waals surface area contributed by atoms with Gasteiger partial charge in [-0.2, -0.15) is 0 Å². The molecule has 0 spiro atoms. The molecule has 31 heavy (non-hydrogen) atoms. The van der Waals surface area contributed by atoms with Crippen molar-refractivity contribution in [3.8, 4) is 5.75 Å². The Labute approximate surface area is 182 Å². The second-order valence-electron chi connectivity index (χ2n) is 7.74. The van der Waals surface area contributed by atoms with Crippen LogP contribution in [0.2, 0.25) is 0 Å². The number of fused-ring (bicyclic) bond motifs is 1. The first-order valence-electron chi connectivity index (χ1n) is 10.4. The number of methoxy groups -OCH3 is 1. The van der Waals surface area contributed by atoms with Gasteiger partial charge < -0.3 is 19.7 Å². The number of esters is 1. The molecule has 3 aromatic rings. The molecule has 0 aliphatic carbocycles. The Morgan fingerprint density at radius 1 is 1.19 bits per heavy atom. The molecule has 0 saturated heterocycles. The van der Waals surface area contributed by atoms with Crippen LogP contribution in [0, 0.1) is 6.92 Å². The van der Waals surface area contributed by atoms with Crippen molar-refractivity contribution in [2.24, 2.45) is 0 Å². The van der Waals surface area contributed by atoms with Gasteiger partial charge in [0, 0.05) is 43.1 Å². The number of hydrogen-bond acceptors (Lipinski definition) is 6. The molecule has 4 rings (SSSR count). The topological polar surface area (TPSA) is 63.7 Å².